The molecule has 0 radical (unpaired) electrons. The van der Waals surface area contributed by atoms with E-state index in [4.69, 9.17) is 4.74 Å². The minimum atomic E-state index is -0.296. The molecule has 1 aliphatic carbocycles. The van der Waals surface area contributed by atoms with Gasteiger partial charge in [0, 0.05) is 24.4 Å². The number of ether oxygens (including phenoxy) is 1. The van der Waals surface area contributed by atoms with E-state index >= 15 is 0 Å². The predicted molar refractivity (Wildman–Crippen MR) is 94.6 cm³/mol. The highest BCUT2D eigenvalue weighted by atomic mass is 16.5. The number of hydrogen-bond donors (Lipinski definition) is 2. The molecule has 2 rings (SSSR count). The number of methoxy groups -OCH3 is 1. The van der Waals surface area contributed by atoms with Gasteiger partial charge in [0.2, 0.25) is 11.8 Å². The fraction of sp³-hybridized carbons (Fsp3) is 0.526. The van der Waals surface area contributed by atoms with Crippen molar-refractivity contribution in [3.05, 3.63) is 29.8 Å². The third kappa shape index (κ3) is 6.57. The maximum absolute atomic E-state index is 12.1. The van der Waals surface area contributed by atoms with Crippen molar-refractivity contribution in [1.29, 1.82) is 0 Å². The maximum atomic E-state index is 12.1. The van der Waals surface area contributed by atoms with Gasteiger partial charge in [-0.15, -0.1) is 0 Å². The first-order valence-electron chi connectivity index (χ1n) is 8.82. The van der Waals surface area contributed by atoms with E-state index in [2.05, 4.69) is 10.6 Å². The number of carbonyl (C=O) groups excluding carboxylic acids is 3. The Morgan fingerprint density at radius 2 is 1.84 bits per heavy atom. The van der Waals surface area contributed by atoms with Crippen LogP contribution in [0.3, 0.4) is 0 Å². The largest absolute Gasteiger partial charge is 0.497 e. The molecular weight excluding hydrogens is 320 g/mol. The van der Waals surface area contributed by atoms with Crippen LogP contribution >= 0.6 is 0 Å². The first-order chi connectivity index (χ1) is 12.1. The van der Waals surface area contributed by atoms with Crippen LogP contribution in [0.2, 0.25) is 0 Å². The summed E-state index contributed by atoms with van der Waals surface area (Å²) in [5.41, 5.74) is 0.516. The average molecular weight is 346 g/mol. The Hall–Kier alpha value is -2.37. The average Bonchev–Trinajstić information content (AvgIpc) is 2.65. The third-order valence-electron chi connectivity index (χ3n) is 4.39. The van der Waals surface area contributed by atoms with E-state index in [1.807, 2.05) is 0 Å². The Kier molecular flexibility index (Phi) is 7.44. The highest BCUT2D eigenvalue weighted by Gasteiger charge is 2.16. The summed E-state index contributed by atoms with van der Waals surface area (Å²) in [6, 6.07) is 7.07. The summed E-state index contributed by atoms with van der Waals surface area (Å²) in [6.07, 6.45) is 5.69. The Bertz CT molecular complexity index is 609. The Morgan fingerprint density at radius 3 is 2.56 bits per heavy atom. The summed E-state index contributed by atoms with van der Waals surface area (Å²) in [5, 5.41) is 5.52. The van der Waals surface area contributed by atoms with Crippen LogP contribution < -0.4 is 15.4 Å². The standard InChI is InChI=1S/C19H26N2O4/c1-25-16-9-5-6-14(12-16)17(22)10-11-18(23)20-13-19(24)21-15-7-3-2-4-8-15/h5-6,9,12,15H,2-4,7-8,10-11,13H2,1H3,(H,20,23)(H,21,24). The lowest BCUT2D eigenvalue weighted by molar-refractivity contribution is -0.126. The van der Waals surface area contributed by atoms with Crippen molar-refractivity contribution in [2.24, 2.45) is 0 Å². The quantitative estimate of drug-likeness (QED) is 0.707. The van der Waals surface area contributed by atoms with Crippen molar-refractivity contribution >= 4 is 17.6 Å². The topological polar surface area (TPSA) is 84.5 Å². The zero-order valence-electron chi connectivity index (χ0n) is 14.7. The zero-order valence-corrected chi connectivity index (χ0v) is 14.7. The van der Waals surface area contributed by atoms with E-state index in [-0.39, 0.29) is 43.0 Å². The first kappa shape index (κ1) is 19.0. The number of rotatable bonds is 8. The van der Waals surface area contributed by atoms with Crippen LogP contribution in [0.25, 0.3) is 0 Å². The molecule has 1 aromatic carbocycles. The van der Waals surface area contributed by atoms with Gasteiger partial charge in [0.25, 0.3) is 0 Å². The molecule has 1 saturated carbocycles. The van der Waals surface area contributed by atoms with Gasteiger partial charge in [-0.1, -0.05) is 31.4 Å². The van der Waals surface area contributed by atoms with Crippen LogP contribution in [-0.4, -0.2) is 37.3 Å². The Labute approximate surface area is 148 Å². The number of amides is 2. The molecule has 1 fully saturated rings. The second-order valence-electron chi connectivity index (χ2n) is 6.33. The lowest BCUT2D eigenvalue weighted by atomic mass is 9.95. The molecule has 136 valence electrons. The molecule has 0 aliphatic heterocycles. The van der Waals surface area contributed by atoms with Gasteiger partial charge in [-0.3, -0.25) is 14.4 Å². The molecule has 0 spiro atoms. The molecule has 2 amide bonds. The molecular formula is C19H26N2O4. The molecule has 1 aromatic rings. The van der Waals surface area contributed by atoms with Crippen molar-refractivity contribution in [1.82, 2.24) is 10.6 Å². The number of benzene rings is 1. The van der Waals surface area contributed by atoms with Gasteiger partial charge in [-0.25, -0.2) is 0 Å². The molecule has 0 atom stereocenters. The van der Waals surface area contributed by atoms with E-state index in [0.29, 0.717) is 11.3 Å². The summed E-state index contributed by atoms with van der Waals surface area (Å²) in [7, 11) is 1.54. The molecule has 6 heteroatoms. The van der Waals surface area contributed by atoms with Crippen molar-refractivity contribution in [3.63, 3.8) is 0 Å². The van der Waals surface area contributed by atoms with E-state index in [9.17, 15) is 14.4 Å². The monoisotopic (exact) mass is 346 g/mol. The van der Waals surface area contributed by atoms with Crippen LogP contribution in [0.5, 0.6) is 5.75 Å². The second kappa shape index (κ2) is 9.81. The zero-order chi connectivity index (χ0) is 18.1. The van der Waals surface area contributed by atoms with Crippen LogP contribution in [-0.2, 0) is 9.59 Å². The number of nitrogens with one attached hydrogen (secondary N) is 2. The van der Waals surface area contributed by atoms with Crippen LogP contribution in [0, 0.1) is 0 Å². The summed E-state index contributed by atoms with van der Waals surface area (Å²) in [6.45, 7) is -0.0390. The minimum Gasteiger partial charge on any atom is -0.497 e. The van der Waals surface area contributed by atoms with E-state index in [0.717, 1.165) is 25.7 Å². The van der Waals surface area contributed by atoms with Gasteiger partial charge in [-0.05, 0) is 25.0 Å². The summed E-state index contributed by atoms with van der Waals surface area (Å²) in [4.78, 5) is 35.8. The molecule has 0 saturated heterocycles. The molecule has 0 heterocycles. The highest BCUT2D eigenvalue weighted by molar-refractivity contribution is 5.98. The maximum Gasteiger partial charge on any atom is 0.239 e. The summed E-state index contributed by atoms with van der Waals surface area (Å²) in [5.74, 6) is 0.0183. The molecule has 25 heavy (non-hydrogen) atoms. The van der Waals surface area contributed by atoms with Crippen LogP contribution in [0.1, 0.15) is 55.3 Å². The highest BCUT2D eigenvalue weighted by Crippen LogP contribution is 2.17. The van der Waals surface area contributed by atoms with Gasteiger partial charge < -0.3 is 15.4 Å². The van der Waals surface area contributed by atoms with Crippen LogP contribution in [0.15, 0.2) is 24.3 Å². The lowest BCUT2D eigenvalue weighted by Gasteiger charge is -2.22. The molecule has 0 bridgehead atoms. The molecule has 2 N–H and O–H groups in total. The van der Waals surface area contributed by atoms with Crippen molar-refractivity contribution in [2.75, 3.05) is 13.7 Å². The van der Waals surface area contributed by atoms with E-state index in [1.54, 1.807) is 24.3 Å². The molecule has 0 unspecified atom stereocenters. The number of carbonyl (C=O) groups is 3. The Morgan fingerprint density at radius 1 is 1.08 bits per heavy atom. The normalized spacial score (nSPS) is 14.6. The molecule has 6 nitrogen and oxygen atoms in total. The van der Waals surface area contributed by atoms with Crippen LogP contribution in [0.4, 0.5) is 0 Å². The second-order valence-corrected chi connectivity index (χ2v) is 6.33. The summed E-state index contributed by atoms with van der Waals surface area (Å²) < 4.78 is 5.08. The van der Waals surface area contributed by atoms with Gasteiger partial charge in [-0.2, -0.15) is 0 Å². The smallest absolute Gasteiger partial charge is 0.239 e. The lowest BCUT2D eigenvalue weighted by Crippen LogP contribution is -2.42. The first-order valence-corrected chi connectivity index (χ1v) is 8.82. The number of ketones is 1. The van der Waals surface area contributed by atoms with Crippen molar-refractivity contribution < 1.29 is 19.1 Å². The molecule has 1 aliphatic rings. The summed E-state index contributed by atoms with van der Waals surface area (Å²) >= 11 is 0. The minimum absolute atomic E-state index is 0.0390. The van der Waals surface area contributed by atoms with Crippen molar-refractivity contribution in [3.8, 4) is 5.75 Å². The fourth-order valence-corrected chi connectivity index (χ4v) is 2.96. The van der Waals surface area contributed by atoms with Crippen molar-refractivity contribution in [2.45, 2.75) is 51.0 Å². The van der Waals surface area contributed by atoms with Gasteiger partial charge in [0.1, 0.15) is 5.75 Å². The van der Waals surface area contributed by atoms with Gasteiger partial charge in [0.05, 0.1) is 13.7 Å². The van der Waals surface area contributed by atoms with Gasteiger partial charge in [0.15, 0.2) is 5.78 Å². The third-order valence-corrected chi connectivity index (χ3v) is 4.39. The molecule has 0 aromatic heterocycles. The number of hydrogen-bond acceptors (Lipinski definition) is 4. The fourth-order valence-electron chi connectivity index (χ4n) is 2.96. The van der Waals surface area contributed by atoms with E-state index < -0.39 is 0 Å². The SMILES string of the molecule is COc1cccc(C(=O)CCC(=O)NCC(=O)NC2CCCCC2)c1. The Balaban J connectivity index is 1.67. The van der Waals surface area contributed by atoms with E-state index in [1.165, 1.54) is 13.5 Å². The number of Topliss-reactive ketones (excluding diaryl/α,β-unsaturated/α-hetero) is 1. The van der Waals surface area contributed by atoms with Gasteiger partial charge >= 0.3 is 0 Å². The predicted octanol–water partition coefficient (Wildman–Crippen LogP) is 2.22.